The lowest BCUT2D eigenvalue weighted by Gasteiger charge is -1.98. The van der Waals surface area contributed by atoms with Gasteiger partial charge in [-0.2, -0.15) is 0 Å². The second kappa shape index (κ2) is 11.6. The van der Waals surface area contributed by atoms with Crippen molar-refractivity contribution in [1.82, 2.24) is 5.48 Å². The summed E-state index contributed by atoms with van der Waals surface area (Å²) in [5.74, 6) is -0.998. The summed E-state index contributed by atoms with van der Waals surface area (Å²) in [7, 11) is 0. The van der Waals surface area contributed by atoms with Gasteiger partial charge in [-0.25, -0.2) is 0 Å². The Hall–Kier alpha value is -1.36. The van der Waals surface area contributed by atoms with E-state index in [1.165, 1.54) is 0 Å². The second-order valence-corrected chi connectivity index (χ2v) is 2.21. The third kappa shape index (κ3) is 16.9. The maximum absolute atomic E-state index is 10.4. The number of nitrogens with one attached hydrogen (secondary N) is 1. The van der Waals surface area contributed by atoms with Crippen LogP contribution in [0.3, 0.4) is 0 Å². The van der Waals surface area contributed by atoms with Gasteiger partial charge in [0, 0.05) is 19.4 Å². The highest BCUT2D eigenvalue weighted by atomic mass is 16.7. The van der Waals surface area contributed by atoms with E-state index in [0.717, 1.165) is 0 Å². The molecule has 0 aliphatic carbocycles. The number of hydrogen-bond acceptors (Lipinski definition) is 4. The van der Waals surface area contributed by atoms with Gasteiger partial charge >= 0.3 is 11.9 Å². The Bertz CT molecular complexity index is 180. The molecule has 5 nitrogen and oxygen atoms in total. The van der Waals surface area contributed by atoms with E-state index >= 15 is 0 Å². The lowest BCUT2D eigenvalue weighted by Crippen LogP contribution is -2.18. The lowest BCUT2D eigenvalue weighted by molar-refractivity contribution is -0.150. The van der Waals surface area contributed by atoms with Crippen LogP contribution in [-0.4, -0.2) is 23.6 Å². The van der Waals surface area contributed by atoms with Crippen molar-refractivity contribution in [3.63, 3.8) is 0 Å². The van der Waals surface area contributed by atoms with Gasteiger partial charge < -0.3 is 9.94 Å². The maximum atomic E-state index is 10.4. The standard InChI is InChI=1S/C6H11NO2.C3H6O2/c1-3-5-7-9-6(8)4-2;1-2-3(4)5/h3,7H,1,4-5H2,2H3;2H2,1H3,(H,4,5). The lowest BCUT2D eigenvalue weighted by atomic mass is 10.5. The van der Waals surface area contributed by atoms with Gasteiger partial charge in [0.15, 0.2) is 0 Å². The highest BCUT2D eigenvalue weighted by molar-refractivity contribution is 5.68. The van der Waals surface area contributed by atoms with Crippen LogP contribution in [0, 0.1) is 0 Å². The van der Waals surface area contributed by atoms with Crippen molar-refractivity contribution >= 4 is 11.9 Å². The van der Waals surface area contributed by atoms with Gasteiger partial charge in [-0.3, -0.25) is 9.59 Å². The van der Waals surface area contributed by atoms with E-state index in [-0.39, 0.29) is 12.4 Å². The summed E-state index contributed by atoms with van der Waals surface area (Å²) in [4.78, 5) is 24.2. The van der Waals surface area contributed by atoms with Crippen LogP contribution in [0.15, 0.2) is 12.7 Å². The molecule has 2 N–H and O–H groups in total. The summed E-state index contributed by atoms with van der Waals surface area (Å²) in [5.41, 5.74) is 2.42. The smallest absolute Gasteiger partial charge is 0.324 e. The quantitative estimate of drug-likeness (QED) is 0.397. The molecule has 0 radical (unpaired) electrons. The number of carbonyl (C=O) groups is 2. The summed E-state index contributed by atoms with van der Waals surface area (Å²) in [6, 6.07) is 0. The molecule has 14 heavy (non-hydrogen) atoms. The Labute approximate surface area is 83.7 Å². The zero-order valence-electron chi connectivity index (χ0n) is 8.58. The van der Waals surface area contributed by atoms with E-state index < -0.39 is 5.97 Å². The molecule has 0 saturated heterocycles. The summed E-state index contributed by atoms with van der Waals surface area (Å²) >= 11 is 0. The molecule has 0 fully saturated rings. The fourth-order valence-electron chi connectivity index (χ4n) is 0.253. The van der Waals surface area contributed by atoms with Gasteiger partial charge in [0.1, 0.15) is 0 Å². The molecule has 0 rings (SSSR count). The second-order valence-electron chi connectivity index (χ2n) is 2.21. The number of hydroxylamine groups is 1. The molecular formula is C9H17NO4. The first-order valence-corrected chi connectivity index (χ1v) is 4.33. The van der Waals surface area contributed by atoms with Gasteiger partial charge in [-0.15, -0.1) is 12.1 Å². The fraction of sp³-hybridized carbons (Fsp3) is 0.556. The van der Waals surface area contributed by atoms with E-state index in [9.17, 15) is 9.59 Å². The Kier molecular flexibility index (Phi) is 12.6. The molecule has 0 aliphatic heterocycles. The minimum Gasteiger partial charge on any atom is -0.481 e. The van der Waals surface area contributed by atoms with Crippen molar-refractivity contribution in [1.29, 1.82) is 0 Å². The van der Waals surface area contributed by atoms with Crippen molar-refractivity contribution in [3.05, 3.63) is 12.7 Å². The zero-order valence-corrected chi connectivity index (χ0v) is 8.58. The molecule has 0 spiro atoms. The number of carboxylic acid groups (broad SMARTS) is 1. The molecule has 0 aromatic heterocycles. The Morgan fingerprint density at radius 2 is 1.93 bits per heavy atom. The number of rotatable bonds is 5. The van der Waals surface area contributed by atoms with Crippen LogP contribution in [0.4, 0.5) is 0 Å². The Morgan fingerprint density at radius 3 is 2.21 bits per heavy atom. The van der Waals surface area contributed by atoms with Crippen LogP contribution in [0.5, 0.6) is 0 Å². The van der Waals surface area contributed by atoms with Crippen LogP contribution >= 0.6 is 0 Å². The molecule has 0 heterocycles. The SMILES string of the molecule is C=CCNOC(=O)CC.CCC(=O)O. The number of carboxylic acids is 1. The minimum absolute atomic E-state index is 0.222. The molecule has 5 heteroatoms. The molecule has 0 saturated carbocycles. The van der Waals surface area contributed by atoms with E-state index in [1.807, 2.05) is 0 Å². The van der Waals surface area contributed by atoms with Crippen LogP contribution < -0.4 is 5.48 Å². The van der Waals surface area contributed by atoms with Crippen LogP contribution in [-0.2, 0) is 14.4 Å². The average Bonchev–Trinajstić information content (AvgIpc) is 2.19. The third-order valence-electron chi connectivity index (χ3n) is 1.00. The molecule has 0 atom stereocenters. The van der Waals surface area contributed by atoms with E-state index in [0.29, 0.717) is 13.0 Å². The normalized spacial score (nSPS) is 8.14. The minimum atomic E-state index is -0.745. The van der Waals surface area contributed by atoms with Gasteiger partial charge in [0.25, 0.3) is 0 Å². The van der Waals surface area contributed by atoms with Gasteiger partial charge in [0.05, 0.1) is 0 Å². The van der Waals surface area contributed by atoms with Gasteiger partial charge in [-0.05, 0) is 0 Å². The topological polar surface area (TPSA) is 75.6 Å². The highest BCUT2D eigenvalue weighted by Crippen LogP contribution is 1.78. The summed E-state index contributed by atoms with van der Waals surface area (Å²) < 4.78 is 0. The maximum Gasteiger partial charge on any atom is 0.324 e. The summed E-state index contributed by atoms with van der Waals surface area (Å²) in [6.07, 6.45) is 2.23. The molecule has 0 aromatic rings. The fourth-order valence-corrected chi connectivity index (χ4v) is 0.253. The Balaban J connectivity index is 0. The van der Waals surface area contributed by atoms with E-state index in [2.05, 4.69) is 16.9 Å². The molecule has 0 unspecified atom stereocenters. The first kappa shape index (κ1) is 15.1. The predicted molar refractivity (Wildman–Crippen MR) is 52.5 cm³/mol. The van der Waals surface area contributed by atoms with Gasteiger partial charge in [-0.1, -0.05) is 19.9 Å². The van der Waals surface area contributed by atoms with Crippen molar-refractivity contribution < 1.29 is 19.5 Å². The summed E-state index contributed by atoms with van der Waals surface area (Å²) in [6.45, 7) is 7.25. The highest BCUT2D eigenvalue weighted by Gasteiger charge is 1.93. The number of hydrogen-bond donors (Lipinski definition) is 2. The van der Waals surface area contributed by atoms with E-state index in [4.69, 9.17) is 5.11 Å². The first-order chi connectivity index (χ1) is 6.58. The molecule has 0 aromatic carbocycles. The Morgan fingerprint density at radius 1 is 1.43 bits per heavy atom. The van der Waals surface area contributed by atoms with Crippen molar-refractivity contribution in [3.8, 4) is 0 Å². The van der Waals surface area contributed by atoms with Crippen LogP contribution in [0.2, 0.25) is 0 Å². The van der Waals surface area contributed by atoms with Crippen molar-refractivity contribution in [2.75, 3.05) is 6.54 Å². The van der Waals surface area contributed by atoms with Crippen LogP contribution in [0.1, 0.15) is 26.7 Å². The van der Waals surface area contributed by atoms with Crippen molar-refractivity contribution in [2.24, 2.45) is 0 Å². The monoisotopic (exact) mass is 203 g/mol. The summed E-state index contributed by atoms with van der Waals surface area (Å²) in [5, 5.41) is 7.72. The van der Waals surface area contributed by atoms with E-state index in [1.54, 1.807) is 19.9 Å². The number of aliphatic carboxylic acids is 1. The predicted octanol–water partition coefficient (Wildman–Crippen LogP) is 1.11. The number of carbonyl (C=O) groups excluding carboxylic acids is 1. The van der Waals surface area contributed by atoms with Crippen molar-refractivity contribution in [2.45, 2.75) is 26.7 Å². The average molecular weight is 203 g/mol. The van der Waals surface area contributed by atoms with Crippen LogP contribution in [0.25, 0.3) is 0 Å². The molecule has 0 amide bonds. The molecular weight excluding hydrogens is 186 g/mol. The molecule has 0 aliphatic rings. The first-order valence-electron chi connectivity index (χ1n) is 4.33. The third-order valence-corrected chi connectivity index (χ3v) is 1.00. The molecule has 0 bridgehead atoms. The van der Waals surface area contributed by atoms with Gasteiger partial charge in [0.2, 0.25) is 0 Å². The largest absolute Gasteiger partial charge is 0.481 e. The zero-order chi connectivity index (χ0) is 11.4. The molecule has 82 valence electrons.